The maximum atomic E-state index is 13.0. The summed E-state index contributed by atoms with van der Waals surface area (Å²) in [4.78, 5) is 39.7. The van der Waals surface area contributed by atoms with Crippen molar-refractivity contribution in [2.75, 3.05) is 26.1 Å². The number of aryl methyl sites for hydroxylation is 2. The molecule has 1 aliphatic heterocycles. The third-order valence-electron chi connectivity index (χ3n) is 5.72. The number of hydrogen-bond acceptors (Lipinski definition) is 6. The van der Waals surface area contributed by atoms with Gasteiger partial charge in [0.05, 0.1) is 26.3 Å². The molecule has 2 amide bonds. The van der Waals surface area contributed by atoms with Crippen LogP contribution in [0.1, 0.15) is 55.1 Å². The first-order valence-corrected chi connectivity index (χ1v) is 10.8. The Morgan fingerprint density at radius 1 is 1.03 bits per heavy atom. The van der Waals surface area contributed by atoms with Crippen LogP contribution in [0.5, 0.6) is 0 Å². The van der Waals surface area contributed by atoms with Crippen molar-refractivity contribution in [1.29, 1.82) is 0 Å². The summed E-state index contributed by atoms with van der Waals surface area (Å²) in [7, 11) is 2.67. The lowest BCUT2D eigenvalue weighted by Crippen LogP contribution is -2.35. The van der Waals surface area contributed by atoms with Crippen LogP contribution in [-0.4, -0.2) is 43.6 Å². The molecule has 30 heavy (non-hydrogen) atoms. The molecule has 2 aromatic rings. The topological polar surface area (TPSA) is 84.9 Å². The predicted molar refractivity (Wildman–Crippen MR) is 113 cm³/mol. The van der Waals surface area contributed by atoms with Crippen LogP contribution in [0.4, 0.5) is 9.80 Å². The number of methoxy groups -OCH3 is 2. The number of thiophene rings is 1. The summed E-state index contributed by atoms with van der Waals surface area (Å²) in [5.41, 5.74) is 4.32. The Bertz CT molecular complexity index is 1010. The summed E-state index contributed by atoms with van der Waals surface area (Å²) in [5.74, 6) is -0.739. The molecule has 158 valence electrons. The maximum absolute atomic E-state index is 13.0. The van der Waals surface area contributed by atoms with E-state index in [1.807, 2.05) is 18.2 Å². The third kappa shape index (κ3) is 3.79. The van der Waals surface area contributed by atoms with Crippen molar-refractivity contribution in [1.82, 2.24) is 4.90 Å². The molecule has 1 N–H and O–H groups in total. The van der Waals surface area contributed by atoms with Crippen molar-refractivity contribution < 1.29 is 23.9 Å². The van der Waals surface area contributed by atoms with E-state index in [1.54, 1.807) is 4.90 Å². The number of fused-ring (bicyclic) bond motifs is 2. The van der Waals surface area contributed by atoms with Crippen molar-refractivity contribution >= 4 is 34.3 Å². The Morgan fingerprint density at radius 2 is 1.80 bits per heavy atom. The van der Waals surface area contributed by atoms with Gasteiger partial charge in [-0.3, -0.25) is 4.79 Å². The summed E-state index contributed by atoms with van der Waals surface area (Å²) in [6, 6.07) is 5.82. The molecule has 0 atom stereocenters. The van der Waals surface area contributed by atoms with Crippen LogP contribution < -0.4 is 5.32 Å². The van der Waals surface area contributed by atoms with Crippen molar-refractivity contribution in [3.63, 3.8) is 0 Å². The molecule has 2 heterocycles. The van der Waals surface area contributed by atoms with Gasteiger partial charge in [0.2, 0.25) is 0 Å². The second-order valence-corrected chi connectivity index (χ2v) is 8.59. The van der Waals surface area contributed by atoms with E-state index < -0.39 is 12.1 Å². The Morgan fingerprint density at radius 3 is 2.53 bits per heavy atom. The van der Waals surface area contributed by atoms with E-state index in [2.05, 4.69) is 5.32 Å². The molecule has 7 nitrogen and oxygen atoms in total. The highest BCUT2D eigenvalue weighted by Crippen LogP contribution is 2.38. The SMILES string of the molecule is COC(=O)c1c(NC(=O)c2ccc3c(c2)CCCC3)sc2c1CCN(C(=O)OC)C2. The van der Waals surface area contributed by atoms with Crippen LogP contribution in [0.3, 0.4) is 0 Å². The van der Waals surface area contributed by atoms with Gasteiger partial charge in [-0.1, -0.05) is 6.07 Å². The first-order valence-electron chi connectivity index (χ1n) is 10.0. The van der Waals surface area contributed by atoms with E-state index in [-0.39, 0.29) is 5.91 Å². The number of carbonyl (C=O) groups excluding carboxylic acids is 3. The van der Waals surface area contributed by atoms with Gasteiger partial charge in [-0.25, -0.2) is 9.59 Å². The number of nitrogens with one attached hydrogen (secondary N) is 1. The van der Waals surface area contributed by atoms with E-state index in [0.717, 1.165) is 29.7 Å². The Labute approximate surface area is 179 Å². The van der Waals surface area contributed by atoms with Crippen molar-refractivity contribution in [3.8, 4) is 0 Å². The molecule has 0 spiro atoms. The highest BCUT2D eigenvalue weighted by atomic mass is 32.1. The molecule has 0 saturated carbocycles. The van der Waals surface area contributed by atoms with E-state index >= 15 is 0 Å². The van der Waals surface area contributed by atoms with Gasteiger partial charge in [0.15, 0.2) is 0 Å². The summed E-state index contributed by atoms with van der Waals surface area (Å²) in [6.45, 7) is 0.782. The number of carbonyl (C=O) groups is 3. The fourth-order valence-corrected chi connectivity index (χ4v) is 5.39. The first-order chi connectivity index (χ1) is 14.5. The Balaban J connectivity index is 1.62. The van der Waals surface area contributed by atoms with Crippen LogP contribution in [-0.2, 0) is 35.3 Å². The zero-order chi connectivity index (χ0) is 21.3. The zero-order valence-electron chi connectivity index (χ0n) is 17.1. The number of esters is 1. The van der Waals surface area contributed by atoms with Crippen LogP contribution >= 0.6 is 11.3 Å². The lowest BCUT2D eigenvalue weighted by molar-refractivity contribution is 0.0600. The Hall–Kier alpha value is -2.87. The van der Waals surface area contributed by atoms with Gasteiger partial charge in [0, 0.05) is 17.0 Å². The van der Waals surface area contributed by atoms with E-state index in [9.17, 15) is 14.4 Å². The molecule has 1 aliphatic carbocycles. The number of amides is 2. The largest absolute Gasteiger partial charge is 0.465 e. The van der Waals surface area contributed by atoms with E-state index in [4.69, 9.17) is 9.47 Å². The zero-order valence-corrected chi connectivity index (χ0v) is 17.9. The third-order valence-corrected chi connectivity index (χ3v) is 6.85. The molecular formula is C22H24N2O5S. The Kier molecular flexibility index (Phi) is 5.76. The van der Waals surface area contributed by atoms with E-state index in [1.165, 1.54) is 43.1 Å². The summed E-state index contributed by atoms with van der Waals surface area (Å²) in [6.07, 6.45) is 4.45. The highest BCUT2D eigenvalue weighted by Gasteiger charge is 2.31. The fraction of sp³-hybridized carbons (Fsp3) is 0.409. The van der Waals surface area contributed by atoms with Crippen LogP contribution in [0.25, 0.3) is 0 Å². The maximum Gasteiger partial charge on any atom is 0.409 e. The number of hydrogen-bond donors (Lipinski definition) is 1. The molecule has 0 bridgehead atoms. The van der Waals surface area contributed by atoms with E-state index in [0.29, 0.717) is 35.6 Å². The number of rotatable bonds is 3. The molecule has 0 saturated heterocycles. The number of benzene rings is 1. The molecular weight excluding hydrogens is 404 g/mol. The van der Waals surface area contributed by atoms with Crippen LogP contribution in [0, 0.1) is 0 Å². The second-order valence-electron chi connectivity index (χ2n) is 7.49. The van der Waals surface area contributed by atoms with Gasteiger partial charge < -0.3 is 19.7 Å². The monoisotopic (exact) mass is 428 g/mol. The molecule has 8 heteroatoms. The molecule has 0 radical (unpaired) electrons. The average molecular weight is 429 g/mol. The van der Waals surface area contributed by atoms with Crippen molar-refractivity contribution in [2.45, 2.75) is 38.6 Å². The fourth-order valence-electron chi connectivity index (χ4n) is 4.14. The van der Waals surface area contributed by atoms with Gasteiger partial charge in [-0.15, -0.1) is 11.3 Å². The summed E-state index contributed by atoms with van der Waals surface area (Å²) < 4.78 is 9.78. The van der Waals surface area contributed by atoms with Crippen molar-refractivity contribution in [3.05, 3.63) is 50.9 Å². The smallest absolute Gasteiger partial charge is 0.409 e. The molecule has 2 aliphatic rings. The quantitative estimate of drug-likeness (QED) is 0.752. The van der Waals surface area contributed by atoms with Gasteiger partial charge in [0.1, 0.15) is 5.00 Å². The molecule has 1 aromatic heterocycles. The number of ether oxygens (including phenoxy) is 2. The first kappa shape index (κ1) is 20.4. The normalized spacial score (nSPS) is 15.1. The molecule has 0 fully saturated rings. The summed E-state index contributed by atoms with van der Waals surface area (Å²) >= 11 is 1.31. The average Bonchev–Trinajstić information content (AvgIpc) is 3.14. The van der Waals surface area contributed by atoms with Crippen molar-refractivity contribution in [2.24, 2.45) is 0 Å². The second kappa shape index (κ2) is 8.47. The minimum atomic E-state index is -0.486. The molecule has 1 aromatic carbocycles. The van der Waals surface area contributed by atoms with Gasteiger partial charge in [-0.2, -0.15) is 0 Å². The highest BCUT2D eigenvalue weighted by molar-refractivity contribution is 7.17. The van der Waals surface area contributed by atoms with Crippen LogP contribution in [0.2, 0.25) is 0 Å². The van der Waals surface area contributed by atoms with Gasteiger partial charge in [0.25, 0.3) is 5.91 Å². The molecule has 4 rings (SSSR count). The lowest BCUT2D eigenvalue weighted by Gasteiger charge is -2.25. The van der Waals surface area contributed by atoms with Gasteiger partial charge >= 0.3 is 12.1 Å². The minimum absolute atomic E-state index is 0.253. The number of nitrogens with zero attached hydrogens (tertiary/aromatic N) is 1. The predicted octanol–water partition coefficient (Wildman–Crippen LogP) is 3.79. The van der Waals surface area contributed by atoms with Gasteiger partial charge in [-0.05, 0) is 60.9 Å². The van der Waals surface area contributed by atoms with Crippen LogP contribution in [0.15, 0.2) is 18.2 Å². The summed E-state index contributed by atoms with van der Waals surface area (Å²) in [5, 5.41) is 3.37. The lowest BCUT2D eigenvalue weighted by atomic mass is 9.90. The standard InChI is InChI=1S/C22H24N2O5S/c1-28-21(26)18-16-9-10-24(22(27)29-2)12-17(16)30-20(18)23-19(25)15-8-7-13-5-3-4-6-14(13)11-15/h7-8,11H,3-6,9-10,12H2,1-2H3,(H,23,25). The molecule has 0 unspecified atom stereocenters. The number of anilines is 1. The minimum Gasteiger partial charge on any atom is -0.465 e.